The molecule has 0 bridgehead atoms. The maximum Gasteiger partial charge on any atom is 0.242 e. The van der Waals surface area contributed by atoms with E-state index in [1.807, 2.05) is 0 Å². The van der Waals surface area contributed by atoms with Gasteiger partial charge in [-0.3, -0.25) is 0 Å². The molecule has 0 aliphatic carbocycles. The highest BCUT2D eigenvalue weighted by Gasteiger charge is 2.27. The molecular weight excluding hydrogens is 472 g/mol. The van der Waals surface area contributed by atoms with Gasteiger partial charge in [-0.05, 0) is 24.3 Å². The Labute approximate surface area is 194 Å². The Kier molecular flexibility index (Phi) is 7.73. The van der Waals surface area contributed by atoms with E-state index in [-0.39, 0.29) is 28.6 Å². The average molecular weight is 501 g/mol. The molecular formula is C21H28N2O8S2. The van der Waals surface area contributed by atoms with Crippen LogP contribution in [0, 0.1) is 0 Å². The predicted molar refractivity (Wildman–Crippen MR) is 121 cm³/mol. The van der Waals surface area contributed by atoms with E-state index in [2.05, 4.69) is 0 Å². The van der Waals surface area contributed by atoms with Gasteiger partial charge in [0.25, 0.3) is 0 Å². The Balaban J connectivity index is 1.73. The summed E-state index contributed by atoms with van der Waals surface area (Å²) in [6.45, 7) is 0.821. The van der Waals surface area contributed by atoms with Crippen molar-refractivity contribution in [2.45, 2.75) is 16.2 Å². The summed E-state index contributed by atoms with van der Waals surface area (Å²) in [6, 6.07) is 8.71. The quantitative estimate of drug-likeness (QED) is 0.513. The van der Waals surface area contributed by atoms with Gasteiger partial charge in [0.05, 0.1) is 37.2 Å². The summed E-state index contributed by atoms with van der Waals surface area (Å²) >= 11 is 0. The minimum Gasteiger partial charge on any atom is -0.493 e. The number of sulfonamides is 2. The van der Waals surface area contributed by atoms with Crippen molar-refractivity contribution in [3.05, 3.63) is 36.4 Å². The van der Waals surface area contributed by atoms with Crippen LogP contribution in [0.4, 0.5) is 0 Å². The number of rotatable bonds is 9. The van der Waals surface area contributed by atoms with Crippen molar-refractivity contribution >= 4 is 20.0 Å². The summed E-state index contributed by atoms with van der Waals surface area (Å²) in [5, 5.41) is 0. The Hall–Kier alpha value is -2.54. The van der Waals surface area contributed by atoms with Gasteiger partial charge in [-0.1, -0.05) is 0 Å². The van der Waals surface area contributed by atoms with Crippen LogP contribution < -0.4 is 18.9 Å². The summed E-state index contributed by atoms with van der Waals surface area (Å²) in [5.74, 6) is 1.55. The van der Waals surface area contributed by atoms with Crippen molar-refractivity contribution in [2.75, 3.05) is 54.6 Å². The van der Waals surface area contributed by atoms with E-state index >= 15 is 0 Å². The third-order valence-electron chi connectivity index (χ3n) is 5.22. The third kappa shape index (κ3) is 5.35. The van der Waals surface area contributed by atoms with Crippen molar-refractivity contribution in [3.8, 4) is 23.0 Å². The second-order valence-electron chi connectivity index (χ2n) is 7.33. The first-order valence-electron chi connectivity index (χ1n) is 10.2. The fourth-order valence-electron chi connectivity index (χ4n) is 3.16. The number of ether oxygens (including phenoxy) is 4. The summed E-state index contributed by atoms with van der Waals surface area (Å²) < 4.78 is 75.6. The van der Waals surface area contributed by atoms with Crippen LogP contribution >= 0.6 is 0 Å². The number of fused-ring (bicyclic) bond motifs is 1. The first-order valence-corrected chi connectivity index (χ1v) is 13.0. The molecule has 33 heavy (non-hydrogen) atoms. The van der Waals surface area contributed by atoms with Crippen molar-refractivity contribution in [2.24, 2.45) is 0 Å². The summed E-state index contributed by atoms with van der Waals surface area (Å²) in [5.41, 5.74) is 0. The van der Waals surface area contributed by atoms with Crippen LogP contribution in [-0.4, -0.2) is 80.1 Å². The lowest BCUT2D eigenvalue weighted by Gasteiger charge is -2.22. The molecule has 0 unspecified atom stereocenters. The molecule has 0 fully saturated rings. The van der Waals surface area contributed by atoms with Gasteiger partial charge in [0.1, 0.15) is 0 Å². The van der Waals surface area contributed by atoms with Gasteiger partial charge in [-0.25, -0.2) is 16.8 Å². The summed E-state index contributed by atoms with van der Waals surface area (Å²) in [4.78, 5) is 0.0516. The molecule has 0 atom stereocenters. The first kappa shape index (κ1) is 25.1. The highest BCUT2D eigenvalue weighted by molar-refractivity contribution is 7.89. The van der Waals surface area contributed by atoms with E-state index < -0.39 is 20.0 Å². The molecule has 10 nitrogen and oxygen atoms in total. The molecule has 3 rings (SSSR count). The monoisotopic (exact) mass is 500 g/mol. The zero-order valence-electron chi connectivity index (χ0n) is 19.0. The molecule has 2 aromatic carbocycles. The van der Waals surface area contributed by atoms with E-state index in [0.717, 1.165) is 8.61 Å². The highest BCUT2D eigenvalue weighted by Crippen LogP contribution is 2.33. The van der Waals surface area contributed by atoms with Crippen LogP contribution in [0.3, 0.4) is 0 Å². The van der Waals surface area contributed by atoms with Gasteiger partial charge in [-0.2, -0.15) is 8.61 Å². The number of benzene rings is 2. The number of likely N-dealkylation sites (N-methyl/N-ethyl adjacent to an activating group) is 2. The van der Waals surface area contributed by atoms with E-state index in [9.17, 15) is 16.8 Å². The molecule has 1 aliphatic heterocycles. The van der Waals surface area contributed by atoms with Gasteiger partial charge in [0.15, 0.2) is 23.0 Å². The van der Waals surface area contributed by atoms with Crippen molar-refractivity contribution in [1.29, 1.82) is 0 Å². The smallest absolute Gasteiger partial charge is 0.242 e. The molecule has 0 amide bonds. The second-order valence-corrected chi connectivity index (χ2v) is 11.4. The second kappa shape index (κ2) is 10.2. The zero-order valence-corrected chi connectivity index (χ0v) is 20.6. The molecule has 0 spiro atoms. The van der Waals surface area contributed by atoms with Crippen LogP contribution in [0.5, 0.6) is 23.0 Å². The molecule has 1 aliphatic rings. The maximum atomic E-state index is 13.0. The van der Waals surface area contributed by atoms with Gasteiger partial charge >= 0.3 is 0 Å². The number of methoxy groups -OCH3 is 2. The van der Waals surface area contributed by atoms with Gasteiger partial charge < -0.3 is 18.9 Å². The lowest BCUT2D eigenvalue weighted by molar-refractivity contribution is 0.297. The summed E-state index contributed by atoms with van der Waals surface area (Å²) in [6.07, 6.45) is 0.706. The normalized spacial score (nSPS) is 14.2. The number of nitrogens with zero attached hydrogens (tertiary/aromatic N) is 2. The molecule has 12 heteroatoms. The van der Waals surface area contributed by atoms with E-state index in [1.165, 1.54) is 58.6 Å². The largest absolute Gasteiger partial charge is 0.493 e. The first-order chi connectivity index (χ1) is 15.6. The molecule has 0 aromatic heterocycles. The molecule has 2 aromatic rings. The van der Waals surface area contributed by atoms with Crippen molar-refractivity contribution in [1.82, 2.24) is 8.61 Å². The fourth-order valence-corrected chi connectivity index (χ4v) is 5.52. The number of hydrogen-bond acceptors (Lipinski definition) is 8. The minimum absolute atomic E-state index is 0.0102. The maximum absolute atomic E-state index is 13.0. The van der Waals surface area contributed by atoms with Crippen LogP contribution in [0.25, 0.3) is 0 Å². The van der Waals surface area contributed by atoms with E-state index in [4.69, 9.17) is 18.9 Å². The van der Waals surface area contributed by atoms with Gasteiger partial charge in [0.2, 0.25) is 20.0 Å². The lowest BCUT2D eigenvalue weighted by atomic mass is 10.3. The van der Waals surface area contributed by atoms with Crippen LogP contribution in [0.15, 0.2) is 46.2 Å². The molecule has 1 heterocycles. The Morgan fingerprint density at radius 3 is 1.85 bits per heavy atom. The molecule has 0 saturated carbocycles. The fraction of sp³-hybridized carbons (Fsp3) is 0.429. The molecule has 0 N–H and O–H groups in total. The minimum atomic E-state index is -3.88. The SMILES string of the molecule is COc1ccc(S(=O)(=O)N(C)CCN(C)S(=O)(=O)c2ccc3c(c2)OCCCO3)cc1OC. The highest BCUT2D eigenvalue weighted by atomic mass is 32.2. The predicted octanol–water partition coefficient (Wildman–Crippen LogP) is 1.81. The molecule has 182 valence electrons. The van der Waals surface area contributed by atoms with Crippen LogP contribution in [0.1, 0.15) is 6.42 Å². The van der Waals surface area contributed by atoms with Crippen LogP contribution in [0.2, 0.25) is 0 Å². The molecule has 0 radical (unpaired) electrons. The van der Waals surface area contributed by atoms with Gasteiger partial charge in [-0.15, -0.1) is 0 Å². The molecule has 0 saturated heterocycles. The Morgan fingerprint density at radius 2 is 1.27 bits per heavy atom. The Morgan fingerprint density at radius 1 is 0.758 bits per heavy atom. The number of hydrogen-bond donors (Lipinski definition) is 0. The van der Waals surface area contributed by atoms with E-state index in [0.29, 0.717) is 36.9 Å². The average Bonchev–Trinajstić information content (AvgIpc) is 3.06. The van der Waals surface area contributed by atoms with Gasteiger partial charge in [0, 0.05) is 45.7 Å². The Bertz CT molecular complexity index is 1200. The van der Waals surface area contributed by atoms with E-state index in [1.54, 1.807) is 6.07 Å². The van der Waals surface area contributed by atoms with Crippen molar-refractivity contribution < 1.29 is 35.8 Å². The van der Waals surface area contributed by atoms with Crippen LogP contribution in [-0.2, 0) is 20.0 Å². The third-order valence-corrected chi connectivity index (χ3v) is 8.93. The topological polar surface area (TPSA) is 112 Å². The lowest BCUT2D eigenvalue weighted by Crippen LogP contribution is -2.37. The zero-order chi connectivity index (χ0) is 24.2. The summed E-state index contributed by atoms with van der Waals surface area (Å²) in [7, 11) is -2.09. The van der Waals surface area contributed by atoms with Crippen molar-refractivity contribution in [3.63, 3.8) is 0 Å². The standard InChI is InChI=1S/C21H28N2O8S2/c1-22(32(24,25)16-6-8-18(28-3)20(14-16)29-4)10-11-23(2)33(26,27)17-7-9-19-21(15-17)31-13-5-12-30-19/h6-9,14-15H,5,10-13H2,1-4H3.